The minimum absolute atomic E-state index is 0.115. The first-order valence-corrected chi connectivity index (χ1v) is 3.29. The third-order valence-corrected chi connectivity index (χ3v) is 1.16. The Morgan fingerprint density at radius 1 is 1.38 bits per heavy atom. The third-order valence-electron chi connectivity index (χ3n) is 0.537. The lowest BCUT2D eigenvalue weighted by atomic mass is 10.3. The molecular weight excluding hydrogens is 232 g/mol. The van der Waals surface area contributed by atoms with Crippen LogP contribution in [-0.2, 0) is 0 Å². The fourth-order valence-electron chi connectivity index (χ4n) is 0.218. The lowest BCUT2D eigenvalue weighted by Gasteiger charge is -2.01. The lowest BCUT2D eigenvalue weighted by molar-refractivity contribution is -0.133. The minimum Gasteiger partial charge on any atom is -0.171 e. The molecule has 0 N–H and O–H groups in total. The van der Waals surface area contributed by atoms with Crippen molar-refractivity contribution in [2.45, 2.75) is 19.0 Å². The zero-order valence-corrected chi connectivity index (χ0v) is 6.16. The van der Waals surface area contributed by atoms with Crippen LogP contribution < -0.4 is 0 Å². The molecule has 0 heterocycles. The summed E-state index contributed by atoms with van der Waals surface area (Å²) in [6.07, 6.45) is -4.57. The summed E-state index contributed by atoms with van der Waals surface area (Å²) in [5.41, 5.74) is 0. The average Bonchev–Trinajstić information content (AvgIpc) is 1.59. The van der Waals surface area contributed by atoms with Crippen LogP contribution in [-0.4, -0.2) is 6.18 Å². The molecule has 0 bridgehead atoms. The van der Waals surface area contributed by atoms with Gasteiger partial charge in [0.1, 0.15) is 0 Å². The molecule has 0 saturated heterocycles. The molecule has 0 aliphatic carbocycles. The molecule has 0 aliphatic rings. The number of halogens is 4. The number of hydrogen-bond acceptors (Lipinski definition) is 0. The molecule has 0 spiro atoms. The summed E-state index contributed by atoms with van der Waals surface area (Å²) in [5.74, 6) is 0. The van der Waals surface area contributed by atoms with Gasteiger partial charge in [-0.1, -0.05) is 22.6 Å². The van der Waals surface area contributed by atoms with E-state index in [9.17, 15) is 13.2 Å². The van der Waals surface area contributed by atoms with Crippen LogP contribution >= 0.6 is 22.6 Å². The summed E-state index contributed by atoms with van der Waals surface area (Å²) < 4.78 is 35.1. The lowest BCUT2D eigenvalue weighted by Crippen LogP contribution is -2.05. The summed E-state index contributed by atoms with van der Waals surface area (Å²) in [7, 11) is 0. The van der Waals surface area contributed by atoms with Crippen LogP contribution in [0.2, 0.25) is 0 Å². The van der Waals surface area contributed by atoms with Crippen molar-refractivity contribution in [1.82, 2.24) is 0 Å². The van der Waals surface area contributed by atoms with Gasteiger partial charge in [0, 0.05) is 10.8 Å². The Morgan fingerprint density at radius 2 is 1.88 bits per heavy atom. The van der Waals surface area contributed by atoms with E-state index in [-0.39, 0.29) is 6.42 Å². The maximum absolute atomic E-state index is 11.2. The second kappa shape index (κ2) is 3.53. The molecule has 0 nitrogen and oxygen atoms in total. The highest BCUT2D eigenvalue weighted by Crippen LogP contribution is 2.22. The van der Waals surface area contributed by atoms with Crippen LogP contribution in [0.15, 0.2) is 0 Å². The number of hydrogen-bond donors (Lipinski definition) is 0. The van der Waals surface area contributed by atoms with E-state index in [1.165, 1.54) is 4.43 Å². The molecule has 0 aromatic rings. The van der Waals surface area contributed by atoms with E-state index in [4.69, 9.17) is 0 Å². The standard InChI is InChI=1S/C4H5F3I/c5-4(6,7)2-1-3-8/h3H,1-2H2. The van der Waals surface area contributed by atoms with Crippen molar-refractivity contribution in [2.24, 2.45) is 0 Å². The molecule has 49 valence electrons. The molecule has 0 aromatic carbocycles. The van der Waals surface area contributed by atoms with Gasteiger partial charge < -0.3 is 0 Å². The van der Waals surface area contributed by atoms with E-state index in [0.29, 0.717) is 0 Å². The quantitative estimate of drug-likeness (QED) is 0.647. The Kier molecular flexibility index (Phi) is 3.76. The molecule has 0 atom stereocenters. The molecule has 1 radical (unpaired) electrons. The molecular formula is C4H5F3I. The SMILES string of the molecule is FC(F)(F)CC[CH]I. The van der Waals surface area contributed by atoms with Crippen molar-refractivity contribution in [3.05, 3.63) is 4.43 Å². The van der Waals surface area contributed by atoms with Gasteiger partial charge in [-0.3, -0.25) is 0 Å². The smallest absolute Gasteiger partial charge is 0.171 e. The Bertz CT molecular complexity index is 58.8. The van der Waals surface area contributed by atoms with Crippen molar-refractivity contribution in [2.75, 3.05) is 0 Å². The first kappa shape index (κ1) is 8.52. The van der Waals surface area contributed by atoms with Gasteiger partial charge in [0.25, 0.3) is 0 Å². The first-order valence-electron chi connectivity index (χ1n) is 2.05. The Hall–Kier alpha value is 0.520. The largest absolute Gasteiger partial charge is 0.389 e. The van der Waals surface area contributed by atoms with E-state index in [2.05, 4.69) is 0 Å². The van der Waals surface area contributed by atoms with Gasteiger partial charge in [-0.2, -0.15) is 13.2 Å². The van der Waals surface area contributed by atoms with Crippen molar-refractivity contribution < 1.29 is 13.2 Å². The number of rotatable bonds is 2. The highest BCUT2D eigenvalue weighted by atomic mass is 127. The molecule has 0 fully saturated rings. The molecule has 8 heavy (non-hydrogen) atoms. The second-order valence-electron chi connectivity index (χ2n) is 1.31. The topological polar surface area (TPSA) is 0 Å². The van der Waals surface area contributed by atoms with E-state index in [0.717, 1.165) is 0 Å². The maximum atomic E-state index is 11.2. The fraction of sp³-hybridized carbons (Fsp3) is 0.750. The normalized spacial score (nSPS) is 12.0. The molecule has 0 rings (SSSR count). The highest BCUT2D eigenvalue weighted by Gasteiger charge is 2.25. The second-order valence-corrected chi connectivity index (χ2v) is 2.19. The van der Waals surface area contributed by atoms with Crippen molar-refractivity contribution in [3.63, 3.8) is 0 Å². The Balaban J connectivity index is 3.11. The summed E-state index contributed by atoms with van der Waals surface area (Å²) in [6.45, 7) is 0. The van der Waals surface area contributed by atoms with Crippen LogP contribution in [0.4, 0.5) is 13.2 Å². The van der Waals surface area contributed by atoms with Crippen molar-refractivity contribution in [1.29, 1.82) is 0 Å². The summed E-state index contributed by atoms with van der Waals surface area (Å²) in [6, 6.07) is 0. The molecule has 0 unspecified atom stereocenters. The Morgan fingerprint density at radius 3 is 2.00 bits per heavy atom. The summed E-state index contributed by atoms with van der Waals surface area (Å²) >= 11 is 1.80. The van der Waals surface area contributed by atoms with E-state index < -0.39 is 12.6 Å². The van der Waals surface area contributed by atoms with Crippen LogP contribution in [0.25, 0.3) is 0 Å². The van der Waals surface area contributed by atoms with Gasteiger partial charge in [0.2, 0.25) is 0 Å². The Labute approximate surface area is 59.6 Å². The van der Waals surface area contributed by atoms with Gasteiger partial charge in [0.05, 0.1) is 0 Å². The van der Waals surface area contributed by atoms with Gasteiger partial charge in [-0.05, 0) is 6.42 Å². The summed E-state index contributed by atoms with van der Waals surface area (Å²) in [5, 5.41) is 0. The average molecular weight is 237 g/mol. The van der Waals surface area contributed by atoms with E-state index >= 15 is 0 Å². The van der Waals surface area contributed by atoms with Gasteiger partial charge in [-0.15, -0.1) is 0 Å². The summed E-state index contributed by atoms with van der Waals surface area (Å²) in [4.78, 5) is 0. The van der Waals surface area contributed by atoms with E-state index in [1.807, 2.05) is 0 Å². The third kappa shape index (κ3) is 6.52. The molecule has 0 aromatic heterocycles. The predicted octanol–water partition coefficient (Wildman–Crippen LogP) is 2.93. The fourth-order valence-corrected chi connectivity index (χ4v) is 0.530. The first-order chi connectivity index (χ1) is 3.56. The van der Waals surface area contributed by atoms with Crippen molar-refractivity contribution in [3.8, 4) is 0 Å². The van der Waals surface area contributed by atoms with Crippen molar-refractivity contribution >= 4 is 22.6 Å². The molecule has 0 aliphatic heterocycles. The van der Waals surface area contributed by atoms with Gasteiger partial charge in [-0.25, -0.2) is 0 Å². The van der Waals surface area contributed by atoms with Crippen LogP contribution in [0.1, 0.15) is 12.8 Å². The predicted molar refractivity (Wildman–Crippen MR) is 33.6 cm³/mol. The minimum atomic E-state index is -3.98. The maximum Gasteiger partial charge on any atom is 0.389 e. The monoisotopic (exact) mass is 237 g/mol. The van der Waals surface area contributed by atoms with Crippen LogP contribution in [0.5, 0.6) is 0 Å². The van der Waals surface area contributed by atoms with Crippen LogP contribution in [0.3, 0.4) is 0 Å². The zero-order chi connectivity index (χ0) is 6.62. The van der Waals surface area contributed by atoms with Gasteiger partial charge in [0.15, 0.2) is 0 Å². The zero-order valence-electron chi connectivity index (χ0n) is 4.00. The molecule has 4 heteroatoms. The molecule has 0 saturated carbocycles. The number of alkyl halides is 3. The van der Waals surface area contributed by atoms with E-state index in [1.54, 1.807) is 22.6 Å². The van der Waals surface area contributed by atoms with Gasteiger partial charge >= 0.3 is 6.18 Å². The van der Waals surface area contributed by atoms with Crippen LogP contribution in [0, 0.1) is 4.43 Å². The highest BCUT2D eigenvalue weighted by molar-refractivity contribution is 14.1. The molecule has 0 amide bonds.